The third-order valence-corrected chi connectivity index (χ3v) is 2.97. The van der Waals surface area contributed by atoms with Crippen molar-refractivity contribution in [1.82, 2.24) is 9.88 Å². The van der Waals surface area contributed by atoms with Crippen LogP contribution in [0.5, 0.6) is 5.75 Å². The predicted octanol–water partition coefficient (Wildman–Crippen LogP) is 2.79. The highest BCUT2D eigenvalue weighted by Gasteiger charge is 2.04. The maximum atomic E-state index is 13.6. The van der Waals surface area contributed by atoms with Gasteiger partial charge >= 0.3 is 0 Å². The minimum absolute atomic E-state index is 0.282. The van der Waals surface area contributed by atoms with E-state index in [2.05, 4.69) is 24.5 Å². The highest BCUT2D eigenvalue weighted by Crippen LogP contribution is 2.18. The fraction of sp³-hybridized carbons (Fsp3) is 0.333. The maximum Gasteiger partial charge on any atom is 0.165 e. The monoisotopic (exact) mass is 262 g/mol. The van der Waals surface area contributed by atoms with Crippen LogP contribution in [-0.2, 0) is 13.1 Å². The average molecular weight is 262 g/mol. The Hall–Kier alpha value is -1.81. The molecule has 0 saturated heterocycles. The van der Waals surface area contributed by atoms with Crippen molar-refractivity contribution in [1.29, 1.82) is 0 Å². The van der Waals surface area contributed by atoms with Crippen molar-refractivity contribution < 1.29 is 9.13 Å². The van der Waals surface area contributed by atoms with Crippen LogP contribution < -0.4 is 10.1 Å². The summed E-state index contributed by atoms with van der Waals surface area (Å²) < 4.78 is 20.5. The molecule has 3 nitrogen and oxygen atoms in total. The third kappa shape index (κ3) is 3.58. The van der Waals surface area contributed by atoms with Crippen molar-refractivity contribution in [3.05, 3.63) is 53.6 Å². The van der Waals surface area contributed by atoms with Gasteiger partial charge in [0.2, 0.25) is 0 Å². The first-order valence-corrected chi connectivity index (χ1v) is 6.40. The molecule has 0 radical (unpaired) electrons. The normalized spacial score (nSPS) is 10.7. The first kappa shape index (κ1) is 13.6. The quantitative estimate of drug-likeness (QED) is 0.866. The molecule has 1 N–H and O–H groups in total. The molecule has 1 heterocycles. The molecular formula is C15H19FN2O. The van der Waals surface area contributed by atoms with E-state index in [-0.39, 0.29) is 11.6 Å². The lowest BCUT2D eigenvalue weighted by molar-refractivity contribution is 0.386. The summed E-state index contributed by atoms with van der Waals surface area (Å²) in [7, 11) is 1.47. The summed E-state index contributed by atoms with van der Waals surface area (Å²) in [6.07, 6.45) is 4.08. The fourth-order valence-corrected chi connectivity index (χ4v) is 1.98. The van der Waals surface area contributed by atoms with Crippen molar-refractivity contribution >= 4 is 0 Å². The summed E-state index contributed by atoms with van der Waals surface area (Å²) in [5.41, 5.74) is 2.15. The molecule has 0 amide bonds. The Labute approximate surface area is 113 Å². The van der Waals surface area contributed by atoms with E-state index >= 15 is 0 Å². The van der Waals surface area contributed by atoms with Crippen LogP contribution in [0.1, 0.15) is 18.1 Å². The van der Waals surface area contributed by atoms with E-state index in [9.17, 15) is 4.39 Å². The maximum absolute atomic E-state index is 13.6. The minimum atomic E-state index is -0.319. The molecule has 1 aromatic heterocycles. The zero-order valence-electron chi connectivity index (χ0n) is 11.3. The van der Waals surface area contributed by atoms with E-state index in [4.69, 9.17) is 4.74 Å². The smallest absolute Gasteiger partial charge is 0.165 e. The molecule has 2 aromatic rings. The number of hydrogen-bond acceptors (Lipinski definition) is 2. The van der Waals surface area contributed by atoms with Gasteiger partial charge in [0.15, 0.2) is 11.6 Å². The van der Waals surface area contributed by atoms with Gasteiger partial charge in [-0.05, 0) is 35.9 Å². The molecule has 4 heteroatoms. The highest BCUT2D eigenvalue weighted by molar-refractivity contribution is 5.29. The number of hydrogen-bond donors (Lipinski definition) is 1. The molecule has 0 atom stereocenters. The van der Waals surface area contributed by atoms with Gasteiger partial charge in [-0.3, -0.25) is 0 Å². The van der Waals surface area contributed by atoms with Crippen LogP contribution in [0, 0.1) is 5.82 Å². The number of benzene rings is 1. The van der Waals surface area contributed by atoms with E-state index in [1.54, 1.807) is 6.07 Å². The second-order valence-electron chi connectivity index (χ2n) is 4.44. The number of nitrogens with zero attached hydrogens (tertiary/aromatic N) is 1. The Morgan fingerprint density at radius 2 is 2.11 bits per heavy atom. The molecule has 2 rings (SSSR count). The van der Waals surface area contributed by atoms with Gasteiger partial charge in [0.1, 0.15) is 0 Å². The Morgan fingerprint density at radius 1 is 1.26 bits per heavy atom. The average Bonchev–Trinajstić information content (AvgIpc) is 2.84. The predicted molar refractivity (Wildman–Crippen MR) is 73.9 cm³/mol. The lowest BCUT2D eigenvalue weighted by atomic mass is 10.2. The molecule has 0 aliphatic heterocycles. The fourth-order valence-electron chi connectivity index (χ4n) is 1.98. The molecule has 0 bridgehead atoms. The molecule has 19 heavy (non-hydrogen) atoms. The molecule has 0 unspecified atom stereocenters. The molecule has 0 aliphatic carbocycles. The summed E-state index contributed by atoms with van der Waals surface area (Å²) in [6, 6.07) is 7.13. The van der Waals surface area contributed by atoms with Gasteiger partial charge < -0.3 is 14.6 Å². The van der Waals surface area contributed by atoms with Crippen molar-refractivity contribution in [2.75, 3.05) is 13.7 Å². The summed E-state index contributed by atoms with van der Waals surface area (Å²) in [5.74, 6) is -0.0379. The molecular weight excluding hydrogens is 243 g/mol. The summed E-state index contributed by atoms with van der Waals surface area (Å²) in [4.78, 5) is 0. The van der Waals surface area contributed by atoms with Gasteiger partial charge in [0.25, 0.3) is 0 Å². The van der Waals surface area contributed by atoms with Crippen LogP contribution in [0.3, 0.4) is 0 Å². The standard InChI is InChI=1S/C15H19FN2O/c1-3-17-9-13-6-7-18(11-13)10-12-4-5-15(19-2)14(16)8-12/h4-8,11,17H,3,9-10H2,1-2H3. The third-order valence-electron chi connectivity index (χ3n) is 2.97. The topological polar surface area (TPSA) is 26.2 Å². The number of nitrogens with one attached hydrogen (secondary N) is 1. The molecule has 0 spiro atoms. The summed E-state index contributed by atoms with van der Waals surface area (Å²) >= 11 is 0. The van der Waals surface area contributed by atoms with Crippen LogP contribution in [0.15, 0.2) is 36.7 Å². The van der Waals surface area contributed by atoms with Crippen LogP contribution in [-0.4, -0.2) is 18.2 Å². The van der Waals surface area contributed by atoms with E-state index in [1.807, 2.05) is 16.8 Å². The van der Waals surface area contributed by atoms with E-state index < -0.39 is 0 Å². The Balaban J connectivity index is 2.04. The second kappa shape index (κ2) is 6.38. The molecule has 0 aliphatic rings. The zero-order valence-corrected chi connectivity index (χ0v) is 11.3. The van der Waals surface area contributed by atoms with Gasteiger partial charge in [0.05, 0.1) is 7.11 Å². The first-order valence-electron chi connectivity index (χ1n) is 6.40. The largest absolute Gasteiger partial charge is 0.494 e. The lowest BCUT2D eigenvalue weighted by Gasteiger charge is -2.06. The van der Waals surface area contributed by atoms with Gasteiger partial charge in [-0.25, -0.2) is 4.39 Å². The minimum Gasteiger partial charge on any atom is -0.494 e. The molecule has 102 valence electrons. The van der Waals surface area contributed by atoms with Crippen molar-refractivity contribution in [3.8, 4) is 5.75 Å². The Kier molecular flexibility index (Phi) is 4.58. The van der Waals surface area contributed by atoms with Crippen molar-refractivity contribution in [3.63, 3.8) is 0 Å². The van der Waals surface area contributed by atoms with Crippen LogP contribution in [0.25, 0.3) is 0 Å². The molecule has 0 fully saturated rings. The number of aromatic nitrogens is 1. The van der Waals surface area contributed by atoms with Gasteiger partial charge in [-0.1, -0.05) is 13.0 Å². The summed E-state index contributed by atoms with van der Waals surface area (Å²) in [5, 5.41) is 3.28. The van der Waals surface area contributed by atoms with Gasteiger partial charge in [-0.2, -0.15) is 0 Å². The number of ether oxygens (including phenoxy) is 1. The number of rotatable bonds is 6. The Morgan fingerprint density at radius 3 is 2.79 bits per heavy atom. The Bertz CT molecular complexity index is 537. The summed E-state index contributed by atoms with van der Waals surface area (Å²) in [6.45, 7) is 4.56. The molecule has 0 saturated carbocycles. The van der Waals surface area contributed by atoms with E-state index in [0.717, 1.165) is 18.7 Å². The second-order valence-corrected chi connectivity index (χ2v) is 4.44. The SMILES string of the molecule is CCNCc1ccn(Cc2ccc(OC)c(F)c2)c1. The van der Waals surface area contributed by atoms with E-state index in [0.29, 0.717) is 6.54 Å². The number of methoxy groups -OCH3 is 1. The zero-order chi connectivity index (χ0) is 13.7. The lowest BCUT2D eigenvalue weighted by Crippen LogP contribution is -2.11. The van der Waals surface area contributed by atoms with Crippen LogP contribution in [0.2, 0.25) is 0 Å². The van der Waals surface area contributed by atoms with Crippen molar-refractivity contribution in [2.45, 2.75) is 20.0 Å². The van der Waals surface area contributed by atoms with Crippen molar-refractivity contribution in [2.24, 2.45) is 0 Å². The number of halogens is 1. The van der Waals surface area contributed by atoms with Gasteiger partial charge in [0, 0.05) is 25.5 Å². The highest BCUT2D eigenvalue weighted by atomic mass is 19.1. The van der Waals surface area contributed by atoms with Gasteiger partial charge in [-0.15, -0.1) is 0 Å². The van der Waals surface area contributed by atoms with E-state index in [1.165, 1.54) is 18.7 Å². The first-order chi connectivity index (χ1) is 9.22. The van der Waals surface area contributed by atoms with Crippen LogP contribution >= 0.6 is 0 Å². The van der Waals surface area contributed by atoms with Crippen LogP contribution in [0.4, 0.5) is 4.39 Å². The molecule has 1 aromatic carbocycles.